The van der Waals surface area contributed by atoms with Crippen LogP contribution in [-0.2, 0) is 0 Å². The number of hydrogen-bond donors (Lipinski definition) is 3. The van der Waals surface area contributed by atoms with Crippen molar-refractivity contribution in [2.45, 2.75) is 6.04 Å². The van der Waals surface area contributed by atoms with Crippen LogP contribution in [0.4, 0.5) is 5.69 Å². The third-order valence-corrected chi connectivity index (χ3v) is 5.94. The van der Waals surface area contributed by atoms with Crippen molar-refractivity contribution in [2.24, 2.45) is 0 Å². The summed E-state index contributed by atoms with van der Waals surface area (Å²) in [5, 5.41) is 3.21. The summed E-state index contributed by atoms with van der Waals surface area (Å²) in [6.07, 6.45) is 3.51. The highest BCUT2D eigenvalue weighted by Crippen LogP contribution is 2.47. The molecule has 33 heavy (non-hydrogen) atoms. The Balaban J connectivity index is 0.00000228. The number of nitrogens with one attached hydrogen (secondary N) is 2. The van der Waals surface area contributed by atoms with Crippen molar-refractivity contribution in [3.63, 3.8) is 0 Å². The van der Waals surface area contributed by atoms with E-state index >= 15 is 0 Å². The molecule has 6 nitrogen and oxygen atoms in total. The maximum Gasteiger partial charge on any atom is 0.252 e. The Morgan fingerprint density at radius 1 is 0.909 bits per heavy atom. The first-order valence-corrected chi connectivity index (χ1v) is 10.4. The van der Waals surface area contributed by atoms with Gasteiger partial charge in [0, 0.05) is 23.0 Å². The Morgan fingerprint density at radius 2 is 1.67 bits per heavy atom. The number of anilines is 1. The number of imidazole rings is 1. The Labute approximate surface area is 196 Å². The monoisotopic (exact) mass is 453 g/mol. The number of nitrogens with zero attached hydrogens (tertiary/aromatic N) is 2. The molecule has 7 heteroatoms. The highest BCUT2D eigenvalue weighted by Gasteiger charge is 2.32. The van der Waals surface area contributed by atoms with E-state index in [1.807, 2.05) is 24.3 Å². The fraction of sp³-hybridized carbons (Fsp3) is 0.0385. The van der Waals surface area contributed by atoms with Crippen molar-refractivity contribution in [1.82, 2.24) is 20.3 Å². The minimum Gasteiger partial charge on any atom is -0.399 e. The minimum atomic E-state index is -0.253. The second kappa shape index (κ2) is 8.07. The average Bonchev–Trinajstić information content (AvgIpc) is 3.39. The van der Waals surface area contributed by atoms with Crippen LogP contribution in [0.2, 0.25) is 0 Å². The number of aromatic amines is 1. The van der Waals surface area contributed by atoms with E-state index in [4.69, 9.17) is 10.7 Å². The van der Waals surface area contributed by atoms with E-state index in [0.29, 0.717) is 11.3 Å². The largest absolute Gasteiger partial charge is 0.399 e. The van der Waals surface area contributed by atoms with E-state index < -0.39 is 0 Å². The molecule has 6 rings (SSSR count). The smallest absolute Gasteiger partial charge is 0.252 e. The molecule has 0 bridgehead atoms. The van der Waals surface area contributed by atoms with Gasteiger partial charge in [0.05, 0.1) is 23.3 Å². The molecule has 0 radical (unpaired) electrons. The van der Waals surface area contributed by atoms with Crippen molar-refractivity contribution in [3.8, 4) is 22.5 Å². The number of benzene rings is 3. The molecular weight excluding hydrogens is 434 g/mol. The summed E-state index contributed by atoms with van der Waals surface area (Å²) in [7, 11) is 0. The van der Waals surface area contributed by atoms with Crippen molar-refractivity contribution in [3.05, 3.63) is 102 Å². The van der Waals surface area contributed by atoms with Gasteiger partial charge in [-0.1, -0.05) is 42.5 Å². The normalized spacial score (nSPS) is 13.8. The van der Waals surface area contributed by atoms with Gasteiger partial charge in [0.1, 0.15) is 5.82 Å². The molecule has 2 aromatic heterocycles. The summed E-state index contributed by atoms with van der Waals surface area (Å²) in [5.74, 6) is 0.642. The van der Waals surface area contributed by atoms with Gasteiger partial charge < -0.3 is 16.0 Å². The number of carbonyl (C=O) groups excluding carboxylic acids is 1. The topological polar surface area (TPSA) is 96.7 Å². The van der Waals surface area contributed by atoms with Gasteiger partial charge in [-0.05, 0) is 52.6 Å². The summed E-state index contributed by atoms with van der Waals surface area (Å²) in [6.45, 7) is 0. The predicted molar refractivity (Wildman–Crippen MR) is 132 cm³/mol. The summed E-state index contributed by atoms with van der Waals surface area (Å²) in [4.78, 5) is 25.4. The van der Waals surface area contributed by atoms with Gasteiger partial charge in [-0.15, -0.1) is 12.4 Å². The molecule has 0 fully saturated rings. The quantitative estimate of drug-likeness (QED) is 0.330. The molecule has 1 aliphatic rings. The number of hydrogen-bond acceptors (Lipinski definition) is 4. The van der Waals surface area contributed by atoms with Gasteiger partial charge in [0.2, 0.25) is 0 Å². The third kappa shape index (κ3) is 3.41. The van der Waals surface area contributed by atoms with Gasteiger partial charge in [-0.3, -0.25) is 9.78 Å². The van der Waals surface area contributed by atoms with E-state index in [1.54, 1.807) is 36.7 Å². The zero-order valence-corrected chi connectivity index (χ0v) is 18.3. The zero-order valence-electron chi connectivity index (χ0n) is 17.4. The maximum atomic E-state index is 13.0. The number of halogens is 1. The lowest BCUT2D eigenvalue weighted by molar-refractivity contribution is 0.0943. The molecule has 0 aliphatic heterocycles. The van der Waals surface area contributed by atoms with Crippen LogP contribution < -0.4 is 11.1 Å². The molecule has 4 N–H and O–H groups in total. The lowest BCUT2D eigenvalue weighted by Crippen LogP contribution is -2.28. The summed E-state index contributed by atoms with van der Waals surface area (Å²) < 4.78 is 0. The van der Waals surface area contributed by atoms with Crippen LogP contribution in [0.25, 0.3) is 33.5 Å². The van der Waals surface area contributed by atoms with Crippen LogP contribution in [0.15, 0.2) is 85.2 Å². The molecule has 1 amide bonds. The second-order valence-corrected chi connectivity index (χ2v) is 7.86. The molecule has 5 aromatic rings. The molecular formula is C26H20ClN5O. The van der Waals surface area contributed by atoms with Crippen molar-refractivity contribution in [2.75, 3.05) is 5.73 Å². The van der Waals surface area contributed by atoms with Crippen molar-refractivity contribution in [1.29, 1.82) is 0 Å². The maximum absolute atomic E-state index is 13.0. The van der Waals surface area contributed by atoms with Crippen molar-refractivity contribution >= 4 is 35.0 Å². The van der Waals surface area contributed by atoms with Gasteiger partial charge in [0.25, 0.3) is 5.91 Å². The van der Waals surface area contributed by atoms with Crippen LogP contribution in [0.1, 0.15) is 27.5 Å². The number of amides is 1. The Morgan fingerprint density at radius 3 is 2.48 bits per heavy atom. The second-order valence-electron chi connectivity index (χ2n) is 7.86. The third-order valence-electron chi connectivity index (χ3n) is 5.94. The minimum absolute atomic E-state index is 0. The SMILES string of the molecule is Cl.Nc1ccc(C(=O)NC2c3ccccc3-c3c(-c4nc5ccncc5[nH]4)cccc32)cc1. The van der Waals surface area contributed by atoms with Gasteiger partial charge in [0.15, 0.2) is 0 Å². The lowest BCUT2D eigenvalue weighted by atomic mass is 9.98. The first-order chi connectivity index (χ1) is 15.7. The van der Waals surface area contributed by atoms with Gasteiger partial charge in [-0.25, -0.2) is 4.98 Å². The molecule has 0 saturated carbocycles. The number of H-pyrrole nitrogens is 1. The van der Waals surface area contributed by atoms with Crippen LogP contribution >= 0.6 is 12.4 Å². The highest BCUT2D eigenvalue weighted by molar-refractivity contribution is 5.97. The highest BCUT2D eigenvalue weighted by atomic mass is 35.5. The van der Waals surface area contributed by atoms with Crippen LogP contribution in [0, 0.1) is 0 Å². The first kappa shape index (κ1) is 20.7. The number of pyridine rings is 1. The molecule has 2 heterocycles. The Kier molecular flexibility index (Phi) is 5.07. The number of nitrogen functional groups attached to an aromatic ring is 1. The molecule has 1 unspecified atom stereocenters. The Bertz CT molecular complexity index is 1460. The fourth-order valence-corrected chi connectivity index (χ4v) is 4.44. The Hall–Kier alpha value is -4.16. The van der Waals surface area contributed by atoms with E-state index in [2.05, 4.69) is 39.6 Å². The van der Waals surface area contributed by atoms with E-state index in [9.17, 15) is 4.79 Å². The van der Waals surface area contributed by atoms with Crippen molar-refractivity contribution < 1.29 is 4.79 Å². The standard InChI is InChI=1S/C26H19N5O.ClH/c27-16-10-8-15(9-11-16)26(32)31-24-18-5-2-1-4-17(18)23-19(24)6-3-7-20(23)25-29-21-12-13-28-14-22(21)30-25;/h1-14,24H,27H2,(H,29,30)(H,31,32);1H. The molecule has 0 saturated heterocycles. The van der Waals surface area contributed by atoms with E-state index in [0.717, 1.165) is 44.7 Å². The molecule has 0 spiro atoms. The first-order valence-electron chi connectivity index (χ1n) is 10.4. The lowest BCUT2D eigenvalue weighted by Gasteiger charge is -2.16. The predicted octanol–water partition coefficient (Wildman–Crippen LogP) is 5.13. The van der Waals surface area contributed by atoms with Gasteiger partial charge in [-0.2, -0.15) is 0 Å². The summed E-state index contributed by atoms with van der Waals surface area (Å²) in [5.41, 5.74) is 14.0. The van der Waals surface area contributed by atoms with Crippen LogP contribution in [0.5, 0.6) is 0 Å². The summed E-state index contributed by atoms with van der Waals surface area (Å²) in [6, 6.07) is 22.9. The average molecular weight is 454 g/mol. The van der Waals surface area contributed by atoms with Crippen LogP contribution in [0.3, 0.4) is 0 Å². The summed E-state index contributed by atoms with van der Waals surface area (Å²) >= 11 is 0. The number of carbonyl (C=O) groups is 1. The zero-order chi connectivity index (χ0) is 21.7. The fourth-order valence-electron chi connectivity index (χ4n) is 4.44. The molecule has 162 valence electrons. The molecule has 1 aliphatic carbocycles. The number of rotatable bonds is 3. The number of nitrogens with two attached hydrogens (primary N) is 1. The van der Waals surface area contributed by atoms with Gasteiger partial charge >= 0.3 is 0 Å². The molecule has 3 aromatic carbocycles. The van der Waals surface area contributed by atoms with Crippen LogP contribution in [-0.4, -0.2) is 20.9 Å². The van der Waals surface area contributed by atoms with E-state index in [-0.39, 0.29) is 24.4 Å². The number of fused-ring (bicyclic) bond motifs is 4. The molecule has 1 atom stereocenters. The number of aromatic nitrogens is 3. The van der Waals surface area contributed by atoms with E-state index in [1.165, 1.54) is 0 Å².